The average Bonchev–Trinajstić information content (AvgIpc) is 2.93. The zero-order valence-corrected chi connectivity index (χ0v) is 14.5. The van der Waals surface area contributed by atoms with Gasteiger partial charge in [0, 0.05) is 15.0 Å². The summed E-state index contributed by atoms with van der Waals surface area (Å²) in [5.41, 5.74) is 6.02. The number of benzene rings is 2. The van der Waals surface area contributed by atoms with E-state index in [2.05, 4.69) is 52.3 Å². The lowest BCUT2D eigenvalue weighted by atomic mass is 9.89. The molecule has 0 radical (unpaired) electrons. The fraction of sp³-hybridized carbons (Fsp3) is 0.0909. The first-order valence-electron chi connectivity index (χ1n) is 7.60. The second kappa shape index (κ2) is 5.68. The maximum Gasteiger partial charge on any atom is 0.0361 e. The third kappa shape index (κ3) is 2.12. The third-order valence-electron chi connectivity index (χ3n) is 4.60. The lowest BCUT2D eigenvalue weighted by Gasteiger charge is -2.15. The van der Waals surface area contributed by atoms with Crippen LogP contribution in [0.1, 0.15) is 32.7 Å². The van der Waals surface area contributed by atoms with Gasteiger partial charge in [0.05, 0.1) is 0 Å². The Hall–Kier alpha value is -2.38. The van der Waals surface area contributed by atoms with E-state index in [1.165, 1.54) is 53.6 Å². The van der Waals surface area contributed by atoms with E-state index in [0.717, 1.165) is 0 Å². The van der Waals surface area contributed by atoms with Crippen LogP contribution in [0.25, 0.3) is 45.2 Å². The molecule has 0 atom stereocenters. The second-order valence-corrected chi connectivity index (χ2v) is 6.75. The molecule has 0 nitrogen and oxygen atoms in total. The maximum atomic E-state index is 3.99. The predicted octanol–water partition coefficient (Wildman–Crippen LogP) is 7.24. The van der Waals surface area contributed by atoms with E-state index in [1.54, 1.807) is 11.3 Å². The molecule has 114 valence electrons. The Bertz CT molecular complexity index is 996. The van der Waals surface area contributed by atoms with E-state index >= 15 is 0 Å². The first kappa shape index (κ1) is 15.5. The number of fused-ring (bicyclic) bond motifs is 2. The smallest absolute Gasteiger partial charge is 0.0361 e. The van der Waals surface area contributed by atoms with Gasteiger partial charge in [0.15, 0.2) is 0 Å². The van der Waals surface area contributed by atoms with Crippen molar-refractivity contribution in [1.29, 1.82) is 0 Å². The highest BCUT2D eigenvalue weighted by molar-refractivity contribution is 7.20. The van der Waals surface area contributed by atoms with Gasteiger partial charge in [-0.1, -0.05) is 50.6 Å². The van der Waals surface area contributed by atoms with Gasteiger partial charge in [-0.05, 0) is 64.6 Å². The Morgan fingerprint density at radius 2 is 1.22 bits per heavy atom. The van der Waals surface area contributed by atoms with Crippen LogP contribution in [0.3, 0.4) is 0 Å². The first-order chi connectivity index (χ1) is 11.1. The molecule has 1 heteroatoms. The zero-order chi connectivity index (χ0) is 16.7. The van der Waals surface area contributed by atoms with Crippen LogP contribution >= 0.6 is 11.3 Å². The highest BCUT2D eigenvalue weighted by Crippen LogP contribution is 2.39. The lowest BCUT2D eigenvalue weighted by molar-refractivity contribution is 1.42. The van der Waals surface area contributed by atoms with Crippen LogP contribution in [0.4, 0.5) is 0 Å². The maximum absolute atomic E-state index is 3.99. The lowest BCUT2D eigenvalue weighted by Crippen LogP contribution is -1.94. The number of aryl methyl sites for hydroxylation is 2. The molecule has 0 fully saturated rings. The average molecular weight is 316 g/mol. The number of thiophene rings is 1. The fourth-order valence-corrected chi connectivity index (χ4v) is 4.46. The molecule has 0 bridgehead atoms. The van der Waals surface area contributed by atoms with Crippen LogP contribution in [0.5, 0.6) is 0 Å². The Balaban J connectivity index is 2.58. The summed E-state index contributed by atoms with van der Waals surface area (Å²) in [6, 6.07) is 4.57. The number of hydrogen-bond acceptors (Lipinski definition) is 1. The third-order valence-corrected chi connectivity index (χ3v) is 5.76. The minimum atomic E-state index is 1.17. The SMILES string of the molecule is C=Cc1sc2cc3c(C)c(C=C)c(C=C)c(C)c3cc2c1C=C. The molecule has 0 unspecified atom stereocenters. The van der Waals surface area contributed by atoms with Gasteiger partial charge < -0.3 is 0 Å². The quantitative estimate of drug-likeness (QED) is 0.475. The van der Waals surface area contributed by atoms with Crippen LogP contribution < -0.4 is 0 Å². The molecule has 0 aliphatic rings. The van der Waals surface area contributed by atoms with Gasteiger partial charge in [-0.3, -0.25) is 0 Å². The van der Waals surface area contributed by atoms with E-state index in [-0.39, 0.29) is 0 Å². The molecular weight excluding hydrogens is 296 g/mol. The summed E-state index contributed by atoms with van der Waals surface area (Å²) in [5.74, 6) is 0. The summed E-state index contributed by atoms with van der Waals surface area (Å²) >= 11 is 1.77. The van der Waals surface area contributed by atoms with Crippen molar-refractivity contribution < 1.29 is 0 Å². The van der Waals surface area contributed by atoms with Crippen molar-refractivity contribution in [3.63, 3.8) is 0 Å². The Morgan fingerprint density at radius 3 is 1.70 bits per heavy atom. The van der Waals surface area contributed by atoms with Crippen molar-refractivity contribution in [2.45, 2.75) is 13.8 Å². The molecule has 3 rings (SSSR count). The molecule has 0 aliphatic heterocycles. The number of rotatable bonds is 4. The minimum absolute atomic E-state index is 1.17. The molecule has 1 heterocycles. The van der Waals surface area contributed by atoms with Crippen molar-refractivity contribution >= 4 is 56.5 Å². The molecule has 2 aromatic carbocycles. The Labute approximate surface area is 141 Å². The summed E-state index contributed by atoms with van der Waals surface area (Å²) in [6.07, 6.45) is 7.70. The molecule has 0 aliphatic carbocycles. The molecule has 3 aromatic rings. The van der Waals surface area contributed by atoms with Crippen LogP contribution in [0, 0.1) is 13.8 Å². The molecule has 0 saturated carbocycles. The van der Waals surface area contributed by atoms with Crippen LogP contribution in [-0.2, 0) is 0 Å². The van der Waals surface area contributed by atoms with Gasteiger partial charge in [-0.2, -0.15) is 0 Å². The summed E-state index contributed by atoms with van der Waals surface area (Å²) in [6.45, 7) is 20.2. The molecule has 0 amide bonds. The predicted molar refractivity (Wildman–Crippen MR) is 109 cm³/mol. The van der Waals surface area contributed by atoms with Gasteiger partial charge in [0.25, 0.3) is 0 Å². The van der Waals surface area contributed by atoms with Gasteiger partial charge in [0.2, 0.25) is 0 Å². The summed E-state index contributed by atoms with van der Waals surface area (Å²) in [7, 11) is 0. The van der Waals surface area contributed by atoms with E-state index in [0.29, 0.717) is 0 Å². The van der Waals surface area contributed by atoms with E-state index in [9.17, 15) is 0 Å². The van der Waals surface area contributed by atoms with E-state index < -0.39 is 0 Å². The van der Waals surface area contributed by atoms with Crippen LogP contribution in [0.15, 0.2) is 38.4 Å². The van der Waals surface area contributed by atoms with Gasteiger partial charge >= 0.3 is 0 Å². The van der Waals surface area contributed by atoms with Crippen molar-refractivity contribution in [2.75, 3.05) is 0 Å². The molecule has 1 aromatic heterocycles. The van der Waals surface area contributed by atoms with Gasteiger partial charge in [-0.15, -0.1) is 11.3 Å². The standard InChI is InChI=1S/C22H20S/c1-7-15-13(5)18-11-20-17(9-3)21(10-4)23-22(20)12-19(18)14(6)16(15)8-2/h7-12H,1-4H2,5-6H3. The van der Waals surface area contributed by atoms with Gasteiger partial charge in [-0.25, -0.2) is 0 Å². The van der Waals surface area contributed by atoms with E-state index in [4.69, 9.17) is 0 Å². The normalized spacial score (nSPS) is 10.9. The number of hydrogen-bond donors (Lipinski definition) is 0. The minimum Gasteiger partial charge on any atom is -0.135 e. The van der Waals surface area contributed by atoms with Crippen molar-refractivity contribution in [3.05, 3.63) is 71.1 Å². The highest BCUT2D eigenvalue weighted by atomic mass is 32.1. The second-order valence-electron chi connectivity index (χ2n) is 5.67. The molecule has 23 heavy (non-hydrogen) atoms. The van der Waals surface area contributed by atoms with Crippen LogP contribution in [-0.4, -0.2) is 0 Å². The Morgan fingerprint density at radius 1 is 0.696 bits per heavy atom. The van der Waals surface area contributed by atoms with Gasteiger partial charge in [0.1, 0.15) is 0 Å². The van der Waals surface area contributed by atoms with E-state index in [1.807, 2.05) is 24.3 Å². The molecule has 0 spiro atoms. The summed E-state index contributed by atoms with van der Waals surface area (Å²) in [5, 5.41) is 3.80. The molecule has 0 saturated heterocycles. The first-order valence-corrected chi connectivity index (χ1v) is 8.42. The summed E-state index contributed by atoms with van der Waals surface area (Å²) < 4.78 is 1.27. The van der Waals surface area contributed by atoms with Crippen molar-refractivity contribution in [2.24, 2.45) is 0 Å². The molecule has 0 N–H and O–H groups in total. The van der Waals surface area contributed by atoms with Crippen molar-refractivity contribution in [3.8, 4) is 0 Å². The summed E-state index contributed by atoms with van der Waals surface area (Å²) in [4.78, 5) is 1.17. The Kier molecular flexibility index (Phi) is 3.83. The topological polar surface area (TPSA) is 0 Å². The molecular formula is C22H20S. The zero-order valence-electron chi connectivity index (χ0n) is 13.7. The van der Waals surface area contributed by atoms with Crippen molar-refractivity contribution in [1.82, 2.24) is 0 Å². The largest absolute Gasteiger partial charge is 0.135 e. The monoisotopic (exact) mass is 316 g/mol. The van der Waals surface area contributed by atoms with Crippen LogP contribution in [0.2, 0.25) is 0 Å². The fourth-order valence-electron chi connectivity index (χ4n) is 3.38. The highest BCUT2D eigenvalue weighted by Gasteiger charge is 2.14.